The van der Waals surface area contributed by atoms with E-state index in [9.17, 15) is 14.0 Å². The van der Waals surface area contributed by atoms with Crippen LogP contribution in [0.5, 0.6) is 0 Å². The second kappa shape index (κ2) is 6.52. The van der Waals surface area contributed by atoms with E-state index in [4.69, 9.17) is 5.11 Å². The monoisotopic (exact) mass is 300 g/mol. The Labute approximate surface area is 128 Å². The molecule has 0 aliphatic carbocycles. The van der Waals surface area contributed by atoms with Crippen molar-refractivity contribution in [1.29, 1.82) is 0 Å². The summed E-state index contributed by atoms with van der Waals surface area (Å²) in [7, 11) is 0. The lowest BCUT2D eigenvalue weighted by Gasteiger charge is -2.20. The highest BCUT2D eigenvalue weighted by Crippen LogP contribution is 2.29. The summed E-state index contributed by atoms with van der Waals surface area (Å²) >= 11 is 0. The Balaban J connectivity index is 2.35. The average molecular weight is 300 g/mol. The zero-order valence-corrected chi connectivity index (χ0v) is 12.4. The number of carbonyl (C=O) groups excluding carboxylic acids is 1. The van der Waals surface area contributed by atoms with Crippen LogP contribution in [0.4, 0.5) is 4.39 Å². The molecule has 0 spiro atoms. The predicted molar refractivity (Wildman–Crippen MR) is 81.7 cm³/mol. The van der Waals surface area contributed by atoms with E-state index in [1.54, 1.807) is 12.1 Å². The van der Waals surface area contributed by atoms with Crippen molar-refractivity contribution in [1.82, 2.24) is 0 Å². The molecule has 4 heteroatoms. The molecule has 114 valence electrons. The smallest absolute Gasteiger partial charge is 0.335 e. The molecule has 0 saturated carbocycles. The van der Waals surface area contributed by atoms with Gasteiger partial charge in [-0.25, -0.2) is 9.18 Å². The average Bonchev–Trinajstić information content (AvgIpc) is 2.48. The van der Waals surface area contributed by atoms with Crippen LogP contribution in [-0.4, -0.2) is 16.9 Å². The molecule has 2 rings (SSSR count). The summed E-state index contributed by atoms with van der Waals surface area (Å²) < 4.78 is 13.0. The topological polar surface area (TPSA) is 54.4 Å². The van der Waals surface area contributed by atoms with E-state index < -0.39 is 11.9 Å². The standard InChI is InChI=1S/C18H17FO3/c1-11(2)16(12-3-5-14(6-4-12)18(21)22)17(20)13-7-9-15(19)10-8-13/h3-11,16H,1-2H3,(H,21,22). The number of hydrogen-bond donors (Lipinski definition) is 1. The summed E-state index contributed by atoms with van der Waals surface area (Å²) in [5.74, 6) is -1.85. The van der Waals surface area contributed by atoms with Crippen molar-refractivity contribution in [3.05, 3.63) is 71.0 Å². The van der Waals surface area contributed by atoms with Crippen LogP contribution >= 0.6 is 0 Å². The van der Waals surface area contributed by atoms with Gasteiger partial charge in [0.2, 0.25) is 0 Å². The largest absolute Gasteiger partial charge is 0.478 e. The molecule has 22 heavy (non-hydrogen) atoms. The number of benzene rings is 2. The first kappa shape index (κ1) is 15.9. The van der Waals surface area contributed by atoms with Crippen LogP contribution in [0.2, 0.25) is 0 Å². The third-order valence-corrected chi connectivity index (χ3v) is 3.59. The fourth-order valence-corrected chi connectivity index (χ4v) is 2.47. The van der Waals surface area contributed by atoms with Gasteiger partial charge in [-0.1, -0.05) is 26.0 Å². The second-order valence-corrected chi connectivity index (χ2v) is 5.52. The van der Waals surface area contributed by atoms with E-state index in [1.165, 1.54) is 36.4 Å². The van der Waals surface area contributed by atoms with Crippen molar-refractivity contribution in [2.45, 2.75) is 19.8 Å². The minimum Gasteiger partial charge on any atom is -0.478 e. The number of rotatable bonds is 5. The Kier molecular flexibility index (Phi) is 4.71. The number of carbonyl (C=O) groups is 2. The molecule has 0 fully saturated rings. The van der Waals surface area contributed by atoms with Gasteiger partial charge in [-0.05, 0) is 47.9 Å². The van der Waals surface area contributed by atoms with Crippen LogP contribution in [0.3, 0.4) is 0 Å². The number of carboxylic acids is 1. The second-order valence-electron chi connectivity index (χ2n) is 5.52. The Bertz CT molecular complexity index is 672. The molecule has 2 aromatic rings. The van der Waals surface area contributed by atoms with Crippen LogP contribution < -0.4 is 0 Å². The molecule has 0 aliphatic heterocycles. The van der Waals surface area contributed by atoms with Crippen LogP contribution in [0.15, 0.2) is 48.5 Å². The van der Waals surface area contributed by atoms with Gasteiger partial charge in [-0.15, -0.1) is 0 Å². The van der Waals surface area contributed by atoms with Gasteiger partial charge >= 0.3 is 5.97 Å². The number of ketones is 1. The highest BCUT2D eigenvalue weighted by atomic mass is 19.1. The number of Topliss-reactive ketones (excluding diaryl/α,β-unsaturated/α-hetero) is 1. The quantitative estimate of drug-likeness (QED) is 0.844. The maximum absolute atomic E-state index is 13.0. The summed E-state index contributed by atoms with van der Waals surface area (Å²) in [4.78, 5) is 23.6. The van der Waals surface area contributed by atoms with Crippen molar-refractivity contribution < 1.29 is 19.1 Å². The molecule has 2 aromatic carbocycles. The SMILES string of the molecule is CC(C)C(C(=O)c1ccc(F)cc1)c1ccc(C(=O)O)cc1. The molecule has 0 amide bonds. The lowest BCUT2D eigenvalue weighted by atomic mass is 9.82. The number of hydrogen-bond acceptors (Lipinski definition) is 2. The van der Waals surface area contributed by atoms with E-state index in [0.29, 0.717) is 5.56 Å². The maximum Gasteiger partial charge on any atom is 0.335 e. The fourth-order valence-electron chi connectivity index (χ4n) is 2.47. The van der Waals surface area contributed by atoms with E-state index in [-0.39, 0.29) is 23.1 Å². The van der Waals surface area contributed by atoms with Gasteiger partial charge in [0, 0.05) is 11.5 Å². The van der Waals surface area contributed by atoms with Crippen molar-refractivity contribution in [3.63, 3.8) is 0 Å². The molecule has 0 bridgehead atoms. The van der Waals surface area contributed by atoms with E-state index in [0.717, 1.165) is 5.56 Å². The zero-order valence-electron chi connectivity index (χ0n) is 12.4. The van der Waals surface area contributed by atoms with Gasteiger partial charge in [0.05, 0.1) is 5.56 Å². The lowest BCUT2D eigenvalue weighted by molar-refractivity contribution is 0.0696. The van der Waals surface area contributed by atoms with Crippen molar-refractivity contribution in [3.8, 4) is 0 Å². The van der Waals surface area contributed by atoms with Crippen LogP contribution in [0.1, 0.15) is 46.0 Å². The van der Waals surface area contributed by atoms with Crippen LogP contribution in [0.25, 0.3) is 0 Å². The highest BCUT2D eigenvalue weighted by molar-refractivity contribution is 6.01. The minimum absolute atomic E-state index is 0.0354. The Morgan fingerprint density at radius 3 is 1.86 bits per heavy atom. The molecule has 0 radical (unpaired) electrons. The summed E-state index contributed by atoms with van der Waals surface area (Å²) in [5.41, 5.74) is 1.39. The molecule has 1 atom stereocenters. The van der Waals surface area contributed by atoms with Gasteiger partial charge in [0.1, 0.15) is 5.82 Å². The summed E-state index contributed by atoms with van der Waals surface area (Å²) in [5, 5.41) is 8.93. The summed E-state index contributed by atoms with van der Waals surface area (Å²) in [6.07, 6.45) is 0. The van der Waals surface area contributed by atoms with Crippen molar-refractivity contribution in [2.24, 2.45) is 5.92 Å². The van der Waals surface area contributed by atoms with E-state index >= 15 is 0 Å². The third kappa shape index (κ3) is 3.39. The molecular formula is C18H17FO3. The molecule has 0 heterocycles. The Morgan fingerprint density at radius 2 is 1.41 bits per heavy atom. The maximum atomic E-state index is 13.0. The molecule has 3 nitrogen and oxygen atoms in total. The molecule has 0 aliphatic rings. The normalized spacial score (nSPS) is 12.2. The molecular weight excluding hydrogens is 283 g/mol. The molecule has 1 N–H and O–H groups in total. The van der Waals surface area contributed by atoms with Gasteiger partial charge in [0.25, 0.3) is 0 Å². The first-order valence-corrected chi connectivity index (χ1v) is 7.03. The third-order valence-electron chi connectivity index (χ3n) is 3.59. The van der Waals surface area contributed by atoms with Crippen molar-refractivity contribution >= 4 is 11.8 Å². The first-order chi connectivity index (χ1) is 10.4. The van der Waals surface area contributed by atoms with Gasteiger partial charge in [-0.2, -0.15) is 0 Å². The van der Waals surface area contributed by atoms with Gasteiger partial charge in [0.15, 0.2) is 5.78 Å². The number of carboxylic acid groups (broad SMARTS) is 1. The summed E-state index contributed by atoms with van der Waals surface area (Å²) in [6, 6.07) is 11.8. The zero-order chi connectivity index (χ0) is 16.3. The first-order valence-electron chi connectivity index (χ1n) is 7.03. The van der Waals surface area contributed by atoms with E-state index in [1.807, 2.05) is 13.8 Å². The Morgan fingerprint density at radius 1 is 0.909 bits per heavy atom. The van der Waals surface area contributed by atoms with E-state index in [2.05, 4.69) is 0 Å². The van der Waals surface area contributed by atoms with Crippen LogP contribution in [-0.2, 0) is 0 Å². The van der Waals surface area contributed by atoms with Gasteiger partial charge in [-0.3, -0.25) is 4.79 Å². The number of halogens is 1. The van der Waals surface area contributed by atoms with Gasteiger partial charge < -0.3 is 5.11 Å². The van der Waals surface area contributed by atoms with Crippen LogP contribution in [0, 0.1) is 11.7 Å². The highest BCUT2D eigenvalue weighted by Gasteiger charge is 2.25. The predicted octanol–water partition coefficient (Wildman–Crippen LogP) is 4.15. The molecule has 0 saturated heterocycles. The summed E-state index contributed by atoms with van der Waals surface area (Å²) in [6.45, 7) is 3.86. The van der Waals surface area contributed by atoms with Crippen molar-refractivity contribution in [2.75, 3.05) is 0 Å². The fraction of sp³-hybridized carbons (Fsp3) is 0.222. The lowest BCUT2D eigenvalue weighted by Crippen LogP contribution is -2.18. The molecule has 0 aromatic heterocycles. The molecule has 1 unspecified atom stereocenters. The number of aromatic carboxylic acids is 1. The minimum atomic E-state index is -1.00. The Hall–Kier alpha value is -2.49.